The molecule has 0 aliphatic rings. The molecule has 0 atom stereocenters. The normalized spacial score (nSPS) is 10.7. The minimum Gasteiger partial charge on any atom is -0.261 e. The zero-order valence-electron chi connectivity index (χ0n) is 9.94. The quantitative estimate of drug-likeness (QED) is 0.716. The van der Waals surface area contributed by atoms with Gasteiger partial charge in [0.15, 0.2) is 0 Å². The van der Waals surface area contributed by atoms with Crippen LogP contribution in [0.5, 0.6) is 0 Å². The standard InChI is InChI=1S/C15H14N2.ClH/c1-3-8-14(9-4-1)16-12-7-13-17-15-10-5-2-6-11-15;/h1-6,8-13H,7H2;1H. The Balaban J connectivity index is 0.00000162. The Morgan fingerprint density at radius 1 is 0.667 bits per heavy atom. The van der Waals surface area contributed by atoms with Gasteiger partial charge in [-0.1, -0.05) is 36.4 Å². The van der Waals surface area contributed by atoms with E-state index >= 15 is 0 Å². The van der Waals surface area contributed by atoms with Crippen LogP contribution in [-0.2, 0) is 0 Å². The molecule has 0 radical (unpaired) electrons. The number of para-hydroxylation sites is 2. The van der Waals surface area contributed by atoms with Gasteiger partial charge < -0.3 is 0 Å². The van der Waals surface area contributed by atoms with Crippen LogP contribution < -0.4 is 0 Å². The van der Waals surface area contributed by atoms with E-state index in [2.05, 4.69) is 9.98 Å². The molecule has 0 N–H and O–H groups in total. The number of hydrogen-bond donors (Lipinski definition) is 0. The molecule has 0 heterocycles. The Bertz CT molecular complexity index is 445. The van der Waals surface area contributed by atoms with Gasteiger partial charge in [-0.25, -0.2) is 0 Å². The maximum Gasteiger partial charge on any atom is 0.0625 e. The van der Waals surface area contributed by atoms with Gasteiger partial charge in [-0.15, -0.1) is 12.4 Å². The molecule has 0 bridgehead atoms. The fraction of sp³-hybridized carbons (Fsp3) is 0.0667. The number of hydrogen-bond acceptors (Lipinski definition) is 2. The summed E-state index contributed by atoms with van der Waals surface area (Å²) in [6.07, 6.45) is 4.47. The molecule has 0 aliphatic heterocycles. The minimum absolute atomic E-state index is 0. The van der Waals surface area contributed by atoms with Crippen molar-refractivity contribution >= 4 is 36.2 Å². The van der Waals surface area contributed by atoms with Crippen molar-refractivity contribution in [1.29, 1.82) is 0 Å². The van der Waals surface area contributed by atoms with E-state index in [0.29, 0.717) is 0 Å². The average molecular weight is 259 g/mol. The van der Waals surface area contributed by atoms with E-state index in [1.807, 2.05) is 73.1 Å². The monoisotopic (exact) mass is 258 g/mol. The summed E-state index contributed by atoms with van der Waals surface area (Å²) in [5.41, 5.74) is 1.95. The van der Waals surface area contributed by atoms with Crippen molar-refractivity contribution < 1.29 is 0 Å². The highest BCUT2D eigenvalue weighted by Crippen LogP contribution is 2.09. The van der Waals surface area contributed by atoms with Crippen molar-refractivity contribution in [3.8, 4) is 0 Å². The molecule has 0 aromatic heterocycles. The maximum absolute atomic E-state index is 4.32. The average Bonchev–Trinajstić information content (AvgIpc) is 2.41. The molecule has 0 saturated carbocycles. The summed E-state index contributed by atoms with van der Waals surface area (Å²) in [6, 6.07) is 19.8. The molecule has 92 valence electrons. The van der Waals surface area contributed by atoms with Gasteiger partial charge in [0, 0.05) is 18.9 Å². The van der Waals surface area contributed by atoms with Crippen LogP contribution in [0.25, 0.3) is 0 Å². The molecule has 0 saturated heterocycles. The predicted molar refractivity (Wildman–Crippen MR) is 81.1 cm³/mol. The molecule has 3 heteroatoms. The Kier molecular flexibility index (Phi) is 6.44. The van der Waals surface area contributed by atoms with E-state index in [1.165, 1.54) is 0 Å². The van der Waals surface area contributed by atoms with E-state index in [9.17, 15) is 0 Å². The van der Waals surface area contributed by atoms with Crippen LogP contribution >= 0.6 is 12.4 Å². The third kappa shape index (κ3) is 4.93. The molecule has 2 nitrogen and oxygen atoms in total. The van der Waals surface area contributed by atoms with Gasteiger partial charge in [-0.2, -0.15) is 0 Å². The van der Waals surface area contributed by atoms with Crippen molar-refractivity contribution in [2.75, 3.05) is 0 Å². The number of aliphatic imine (C=N–C) groups is 2. The molecule has 2 aromatic carbocycles. The smallest absolute Gasteiger partial charge is 0.0625 e. The third-order valence-corrected chi connectivity index (χ3v) is 2.20. The van der Waals surface area contributed by atoms with Crippen LogP contribution in [0, 0.1) is 0 Å². The third-order valence-electron chi connectivity index (χ3n) is 2.20. The number of benzene rings is 2. The van der Waals surface area contributed by atoms with Crippen LogP contribution in [0.4, 0.5) is 11.4 Å². The first-order valence-electron chi connectivity index (χ1n) is 5.60. The molecular formula is C15H15ClN2. The lowest BCUT2D eigenvalue weighted by atomic mass is 10.3. The molecule has 0 amide bonds. The van der Waals surface area contributed by atoms with Gasteiger partial charge in [0.05, 0.1) is 11.4 Å². The highest BCUT2D eigenvalue weighted by atomic mass is 35.5. The van der Waals surface area contributed by atoms with Crippen molar-refractivity contribution in [3.63, 3.8) is 0 Å². The molecule has 0 fully saturated rings. The summed E-state index contributed by atoms with van der Waals surface area (Å²) < 4.78 is 0. The van der Waals surface area contributed by atoms with E-state index in [0.717, 1.165) is 17.8 Å². The van der Waals surface area contributed by atoms with Crippen LogP contribution in [0.2, 0.25) is 0 Å². The summed E-state index contributed by atoms with van der Waals surface area (Å²) in [5, 5.41) is 0. The summed E-state index contributed by atoms with van der Waals surface area (Å²) in [7, 11) is 0. The van der Waals surface area contributed by atoms with Crippen molar-refractivity contribution in [2.24, 2.45) is 9.98 Å². The first-order chi connectivity index (χ1) is 8.45. The van der Waals surface area contributed by atoms with Gasteiger partial charge in [-0.05, 0) is 24.3 Å². The van der Waals surface area contributed by atoms with Crippen molar-refractivity contribution in [1.82, 2.24) is 0 Å². The molecule has 2 rings (SSSR count). The van der Waals surface area contributed by atoms with Gasteiger partial charge in [0.25, 0.3) is 0 Å². The second-order valence-electron chi connectivity index (χ2n) is 3.53. The van der Waals surface area contributed by atoms with Crippen LogP contribution in [0.15, 0.2) is 70.6 Å². The lowest BCUT2D eigenvalue weighted by Gasteiger charge is -1.91. The molecule has 0 spiro atoms. The minimum atomic E-state index is 0. The molecular weight excluding hydrogens is 244 g/mol. The number of halogens is 1. The largest absolute Gasteiger partial charge is 0.261 e. The lowest BCUT2D eigenvalue weighted by molar-refractivity contribution is 1.48. The zero-order chi connectivity index (χ0) is 11.8. The predicted octanol–water partition coefficient (Wildman–Crippen LogP) is 4.60. The van der Waals surface area contributed by atoms with Gasteiger partial charge in [0.2, 0.25) is 0 Å². The fourth-order valence-corrected chi connectivity index (χ4v) is 1.39. The summed E-state index contributed by atoms with van der Waals surface area (Å²) in [6.45, 7) is 0. The van der Waals surface area contributed by atoms with Gasteiger partial charge >= 0.3 is 0 Å². The fourth-order valence-electron chi connectivity index (χ4n) is 1.39. The summed E-state index contributed by atoms with van der Waals surface area (Å²) in [5.74, 6) is 0. The van der Waals surface area contributed by atoms with E-state index < -0.39 is 0 Å². The molecule has 0 unspecified atom stereocenters. The number of nitrogens with zero attached hydrogens (tertiary/aromatic N) is 2. The molecule has 2 aromatic rings. The Morgan fingerprint density at radius 3 is 1.44 bits per heavy atom. The Hall–Kier alpha value is -1.93. The maximum atomic E-state index is 4.32. The first-order valence-corrected chi connectivity index (χ1v) is 5.60. The zero-order valence-corrected chi connectivity index (χ0v) is 10.8. The number of rotatable bonds is 4. The highest BCUT2D eigenvalue weighted by molar-refractivity contribution is 5.85. The topological polar surface area (TPSA) is 24.7 Å². The first kappa shape index (κ1) is 14.1. The van der Waals surface area contributed by atoms with Gasteiger partial charge in [0.1, 0.15) is 0 Å². The lowest BCUT2D eigenvalue weighted by Crippen LogP contribution is -1.76. The second-order valence-corrected chi connectivity index (χ2v) is 3.53. The van der Waals surface area contributed by atoms with Crippen LogP contribution in [0.3, 0.4) is 0 Å². The van der Waals surface area contributed by atoms with Gasteiger partial charge in [-0.3, -0.25) is 9.98 Å². The van der Waals surface area contributed by atoms with Crippen LogP contribution in [0.1, 0.15) is 6.42 Å². The van der Waals surface area contributed by atoms with E-state index in [4.69, 9.17) is 0 Å². The van der Waals surface area contributed by atoms with Crippen molar-refractivity contribution in [2.45, 2.75) is 6.42 Å². The summed E-state index contributed by atoms with van der Waals surface area (Å²) >= 11 is 0. The van der Waals surface area contributed by atoms with Crippen molar-refractivity contribution in [3.05, 3.63) is 60.7 Å². The Morgan fingerprint density at radius 2 is 1.06 bits per heavy atom. The van der Waals surface area contributed by atoms with E-state index in [1.54, 1.807) is 0 Å². The van der Waals surface area contributed by atoms with Crippen LogP contribution in [-0.4, -0.2) is 12.4 Å². The molecule has 18 heavy (non-hydrogen) atoms. The second kappa shape index (κ2) is 8.20. The summed E-state index contributed by atoms with van der Waals surface area (Å²) in [4.78, 5) is 8.64. The highest BCUT2D eigenvalue weighted by Gasteiger charge is 1.84. The molecule has 0 aliphatic carbocycles. The SMILES string of the molecule is C(CC=Nc1ccccc1)=Nc1ccccc1.Cl. The van der Waals surface area contributed by atoms with E-state index in [-0.39, 0.29) is 12.4 Å². The Labute approximate surface area is 114 Å².